The van der Waals surface area contributed by atoms with E-state index in [1.54, 1.807) is 44.6 Å². The highest BCUT2D eigenvalue weighted by Gasteiger charge is 2.13. The molecule has 0 aliphatic heterocycles. The average Bonchev–Trinajstić information content (AvgIpc) is 3.30. The van der Waals surface area contributed by atoms with Gasteiger partial charge in [0.1, 0.15) is 17.3 Å². The Labute approximate surface area is 210 Å². The Hall–Kier alpha value is -4.33. The van der Waals surface area contributed by atoms with Crippen LogP contribution in [0, 0.1) is 5.92 Å². The lowest BCUT2D eigenvalue weighted by Gasteiger charge is -2.11. The topological polar surface area (TPSA) is 105 Å². The van der Waals surface area contributed by atoms with E-state index in [9.17, 15) is 9.59 Å². The molecule has 3 N–H and O–H groups in total. The zero-order chi connectivity index (χ0) is 25.7. The molecule has 0 unspecified atom stereocenters. The van der Waals surface area contributed by atoms with Crippen molar-refractivity contribution in [2.75, 3.05) is 24.9 Å². The van der Waals surface area contributed by atoms with Gasteiger partial charge in [-0.25, -0.2) is 4.98 Å². The standard InChI is InChI=1S/C28H30N4O4/c1-17(2)27(33)29-20-9-5-18(6-10-20)7-14-26-30-22-12-8-19(15-24(22)31-26)28(34)32-23-13-11-21(35-3)16-25(23)36-4/h5-6,8-13,15-17H,7,14H2,1-4H3,(H,29,33)(H,30,31)(H,32,34). The van der Waals surface area contributed by atoms with Crippen LogP contribution in [0.15, 0.2) is 60.7 Å². The fourth-order valence-electron chi connectivity index (χ4n) is 3.72. The van der Waals surface area contributed by atoms with Crippen LogP contribution in [0.25, 0.3) is 11.0 Å². The highest BCUT2D eigenvalue weighted by atomic mass is 16.5. The number of nitrogens with one attached hydrogen (secondary N) is 3. The largest absolute Gasteiger partial charge is 0.497 e. The van der Waals surface area contributed by atoms with Gasteiger partial charge in [0.2, 0.25) is 5.91 Å². The maximum atomic E-state index is 12.9. The number of aryl methyl sites for hydroxylation is 2. The summed E-state index contributed by atoms with van der Waals surface area (Å²) in [7, 11) is 3.12. The van der Waals surface area contributed by atoms with Gasteiger partial charge in [-0.1, -0.05) is 26.0 Å². The van der Waals surface area contributed by atoms with Crippen LogP contribution >= 0.6 is 0 Å². The van der Waals surface area contributed by atoms with Crippen LogP contribution in [-0.2, 0) is 17.6 Å². The van der Waals surface area contributed by atoms with Gasteiger partial charge in [0.05, 0.1) is 30.9 Å². The quantitative estimate of drug-likeness (QED) is 0.301. The molecule has 0 aliphatic carbocycles. The number of carbonyl (C=O) groups is 2. The van der Waals surface area contributed by atoms with E-state index in [2.05, 4.69) is 20.6 Å². The van der Waals surface area contributed by atoms with E-state index in [0.29, 0.717) is 22.7 Å². The van der Waals surface area contributed by atoms with Gasteiger partial charge < -0.3 is 25.1 Å². The van der Waals surface area contributed by atoms with Gasteiger partial charge in [0.15, 0.2) is 0 Å². The Morgan fingerprint density at radius 3 is 2.39 bits per heavy atom. The first-order valence-electron chi connectivity index (χ1n) is 11.8. The summed E-state index contributed by atoms with van der Waals surface area (Å²) in [5, 5.41) is 5.79. The number of imidazole rings is 1. The third kappa shape index (κ3) is 5.83. The van der Waals surface area contributed by atoms with Crippen molar-refractivity contribution in [3.8, 4) is 11.5 Å². The molecule has 0 radical (unpaired) electrons. The SMILES string of the molecule is COc1ccc(NC(=O)c2ccc3nc(CCc4ccc(NC(=O)C(C)C)cc4)[nH]c3c2)c(OC)c1. The van der Waals surface area contributed by atoms with Gasteiger partial charge in [-0.3, -0.25) is 9.59 Å². The smallest absolute Gasteiger partial charge is 0.255 e. The van der Waals surface area contributed by atoms with Crippen molar-refractivity contribution in [2.45, 2.75) is 26.7 Å². The molecule has 2 amide bonds. The van der Waals surface area contributed by atoms with E-state index in [0.717, 1.165) is 41.0 Å². The second-order valence-corrected chi connectivity index (χ2v) is 8.78. The van der Waals surface area contributed by atoms with Crippen molar-refractivity contribution in [3.63, 3.8) is 0 Å². The molecule has 3 aromatic carbocycles. The monoisotopic (exact) mass is 486 g/mol. The van der Waals surface area contributed by atoms with Gasteiger partial charge in [0, 0.05) is 29.7 Å². The lowest BCUT2D eigenvalue weighted by Crippen LogP contribution is -2.17. The highest BCUT2D eigenvalue weighted by Crippen LogP contribution is 2.29. The fourth-order valence-corrected chi connectivity index (χ4v) is 3.72. The molecule has 36 heavy (non-hydrogen) atoms. The molecular weight excluding hydrogens is 456 g/mol. The number of amides is 2. The van der Waals surface area contributed by atoms with E-state index in [4.69, 9.17) is 9.47 Å². The number of ether oxygens (including phenoxy) is 2. The van der Waals surface area contributed by atoms with E-state index in [1.165, 1.54) is 0 Å². The number of anilines is 2. The maximum absolute atomic E-state index is 12.9. The first-order chi connectivity index (χ1) is 17.4. The zero-order valence-electron chi connectivity index (χ0n) is 20.8. The van der Waals surface area contributed by atoms with Crippen molar-refractivity contribution in [1.82, 2.24) is 9.97 Å². The van der Waals surface area contributed by atoms with Crippen molar-refractivity contribution < 1.29 is 19.1 Å². The maximum Gasteiger partial charge on any atom is 0.255 e. The molecule has 186 valence electrons. The Morgan fingerprint density at radius 1 is 0.917 bits per heavy atom. The number of rotatable bonds is 9. The van der Waals surface area contributed by atoms with Crippen LogP contribution < -0.4 is 20.1 Å². The predicted molar refractivity (Wildman–Crippen MR) is 141 cm³/mol. The van der Waals surface area contributed by atoms with E-state index in [-0.39, 0.29) is 17.7 Å². The summed E-state index contributed by atoms with van der Waals surface area (Å²) in [6.45, 7) is 3.73. The number of benzene rings is 3. The lowest BCUT2D eigenvalue weighted by molar-refractivity contribution is -0.118. The molecule has 0 bridgehead atoms. The van der Waals surface area contributed by atoms with Gasteiger partial charge in [-0.15, -0.1) is 0 Å². The Balaban J connectivity index is 1.41. The van der Waals surface area contributed by atoms with Crippen LogP contribution in [0.2, 0.25) is 0 Å². The summed E-state index contributed by atoms with van der Waals surface area (Å²) in [6, 6.07) is 18.4. The van der Waals surface area contributed by atoms with Crippen LogP contribution in [0.3, 0.4) is 0 Å². The fraction of sp³-hybridized carbons (Fsp3) is 0.250. The predicted octanol–water partition coefficient (Wildman–Crippen LogP) is 5.21. The molecule has 1 heterocycles. The van der Waals surface area contributed by atoms with Crippen LogP contribution in [-0.4, -0.2) is 36.0 Å². The summed E-state index contributed by atoms with van der Waals surface area (Å²) in [5.41, 5.74) is 4.60. The van der Waals surface area contributed by atoms with Gasteiger partial charge in [-0.2, -0.15) is 0 Å². The van der Waals surface area contributed by atoms with Crippen molar-refractivity contribution >= 4 is 34.2 Å². The number of carbonyl (C=O) groups excluding carboxylic acids is 2. The minimum Gasteiger partial charge on any atom is -0.497 e. The molecule has 1 aromatic heterocycles. The van der Waals surface area contributed by atoms with Crippen LogP contribution in [0.5, 0.6) is 11.5 Å². The van der Waals surface area contributed by atoms with Gasteiger partial charge >= 0.3 is 0 Å². The van der Waals surface area contributed by atoms with Crippen LogP contribution in [0.1, 0.15) is 35.6 Å². The summed E-state index contributed by atoms with van der Waals surface area (Å²) in [6.07, 6.45) is 1.51. The zero-order valence-corrected chi connectivity index (χ0v) is 20.8. The molecule has 8 heteroatoms. The molecule has 4 aromatic rings. The Bertz CT molecular complexity index is 1380. The van der Waals surface area contributed by atoms with E-state index < -0.39 is 0 Å². The van der Waals surface area contributed by atoms with Crippen LogP contribution in [0.4, 0.5) is 11.4 Å². The number of nitrogens with zero attached hydrogens (tertiary/aromatic N) is 1. The second kappa shape index (κ2) is 10.9. The molecule has 0 fully saturated rings. The number of hydrogen-bond donors (Lipinski definition) is 3. The Morgan fingerprint density at radius 2 is 1.69 bits per heavy atom. The summed E-state index contributed by atoms with van der Waals surface area (Å²) >= 11 is 0. The molecule has 0 saturated carbocycles. The molecule has 0 atom stereocenters. The number of aromatic amines is 1. The molecule has 0 aliphatic rings. The molecule has 4 rings (SSSR count). The average molecular weight is 487 g/mol. The normalized spacial score (nSPS) is 10.9. The van der Waals surface area contributed by atoms with Crippen molar-refractivity contribution in [1.29, 1.82) is 0 Å². The third-order valence-electron chi connectivity index (χ3n) is 5.85. The number of hydrogen-bond acceptors (Lipinski definition) is 5. The molecule has 8 nitrogen and oxygen atoms in total. The highest BCUT2D eigenvalue weighted by molar-refractivity contribution is 6.06. The minimum absolute atomic E-state index is 0.00112. The molecule has 0 spiro atoms. The minimum atomic E-state index is -0.249. The summed E-state index contributed by atoms with van der Waals surface area (Å²) in [4.78, 5) is 32.7. The first-order valence-corrected chi connectivity index (χ1v) is 11.8. The number of methoxy groups -OCH3 is 2. The molecule has 0 saturated heterocycles. The van der Waals surface area contributed by atoms with Crippen molar-refractivity contribution in [2.24, 2.45) is 5.92 Å². The summed E-state index contributed by atoms with van der Waals surface area (Å²) < 4.78 is 10.6. The third-order valence-corrected chi connectivity index (χ3v) is 5.85. The lowest BCUT2D eigenvalue weighted by atomic mass is 10.1. The number of aromatic nitrogens is 2. The van der Waals surface area contributed by atoms with Crippen molar-refractivity contribution in [3.05, 3.63) is 77.6 Å². The number of H-pyrrole nitrogens is 1. The number of fused-ring (bicyclic) bond motifs is 1. The Kier molecular flexibility index (Phi) is 7.53. The first kappa shape index (κ1) is 24.8. The summed E-state index contributed by atoms with van der Waals surface area (Å²) in [5.74, 6) is 1.70. The van der Waals surface area contributed by atoms with E-state index >= 15 is 0 Å². The van der Waals surface area contributed by atoms with Gasteiger partial charge in [-0.05, 0) is 54.4 Å². The second-order valence-electron chi connectivity index (χ2n) is 8.78. The van der Waals surface area contributed by atoms with Gasteiger partial charge in [0.25, 0.3) is 5.91 Å². The van der Waals surface area contributed by atoms with E-state index in [1.807, 2.05) is 44.2 Å². The molecular formula is C28H30N4O4.